The molecular weight excluding hydrogens is 305 g/mol. The number of phenols is 2. The topological polar surface area (TPSA) is 75.1 Å². The summed E-state index contributed by atoms with van der Waals surface area (Å²) in [6, 6.07) is 2.69. The van der Waals surface area contributed by atoms with Crippen molar-refractivity contribution >= 4 is 39.9 Å². The second kappa shape index (κ2) is 4.33. The van der Waals surface area contributed by atoms with Crippen LogP contribution in [-0.4, -0.2) is 14.6 Å². The Hall–Kier alpha value is -1.85. The molecule has 2 aromatic heterocycles. The van der Waals surface area contributed by atoms with Crippen LogP contribution in [0.1, 0.15) is 12.5 Å². The van der Waals surface area contributed by atoms with Gasteiger partial charge < -0.3 is 14.6 Å². The molecule has 0 radical (unpaired) electrons. The Balaban J connectivity index is 2.61. The molecule has 0 atom stereocenters. The van der Waals surface area contributed by atoms with E-state index in [4.69, 9.17) is 27.6 Å². The zero-order valence-corrected chi connectivity index (χ0v) is 11.8. The lowest BCUT2D eigenvalue weighted by Gasteiger charge is -2.08. The number of aromatic hydroxyl groups is 2. The second-order valence-corrected chi connectivity index (χ2v) is 5.08. The maximum atomic E-state index is 12.4. The Bertz CT molecular complexity index is 910. The van der Waals surface area contributed by atoms with E-state index in [2.05, 4.69) is 0 Å². The summed E-state index contributed by atoms with van der Waals surface area (Å²) in [7, 11) is 0. The molecule has 3 rings (SSSR count). The molecule has 0 saturated heterocycles. The summed E-state index contributed by atoms with van der Waals surface area (Å²) in [5.74, 6) is -0.437. The van der Waals surface area contributed by atoms with Crippen LogP contribution in [0.2, 0.25) is 10.2 Å². The average Bonchev–Trinajstić information content (AvgIpc) is 2.65. The first-order valence-corrected chi connectivity index (χ1v) is 6.58. The van der Waals surface area contributed by atoms with Crippen molar-refractivity contribution < 1.29 is 14.6 Å². The third-order valence-electron chi connectivity index (χ3n) is 3.20. The lowest BCUT2D eigenvalue weighted by atomic mass is 10.1. The molecule has 0 unspecified atom stereocenters. The summed E-state index contributed by atoms with van der Waals surface area (Å²) in [4.78, 5) is 12.4. The minimum absolute atomic E-state index is 0.0165. The van der Waals surface area contributed by atoms with Crippen LogP contribution in [0.3, 0.4) is 0 Å². The van der Waals surface area contributed by atoms with Gasteiger partial charge in [0.1, 0.15) is 27.6 Å². The molecule has 0 fully saturated rings. The van der Waals surface area contributed by atoms with E-state index in [1.54, 1.807) is 6.92 Å². The van der Waals surface area contributed by atoms with Gasteiger partial charge in [-0.1, -0.05) is 30.1 Å². The van der Waals surface area contributed by atoms with Gasteiger partial charge >= 0.3 is 0 Å². The van der Waals surface area contributed by atoms with Gasteiger partial charge in [0, 0.05) is 17.7 Å². The van der Waals surface area contributed by atoms with Crippen molar-refractivity contribution in [1.29, 1.82) is 0 Å². The van der Waals surface area contributed by atoms with Crippen molar-refractivity contribution in [2.45, 2.75) is 13.3 Å². The van der Waals surface area contributed by atoms with Gasteiger partial charge in [0.05, 0.1) is 5.02 Å². The molecule has 0 aliphatic rings. The van der Waals surface area contributed by atoms with E-state index in [0.717, 1.165) is 4.40 Å². The van der Waals surface area contributed by atoms with E-state index < -0.39 is 5.56 Å². The molecule has 2 heterocycles. The molecule has 0 amide bonds. The third-order valence-corrected chi connectivity index (χ3v) is 3.95. The molecule has 104 valence electrons. The Morgan fingerprint density at radius 2 is 2.00 bits per heavy atom. The van der Waals surface area contributed by atoms with Gasteiger partial charge in [0.25, 0.3) is 5.56 Å². The molecule has 5 nitrogen and oxygen atoms in total. The van der Waals surface area contributed by atoms with E-state index in [0.29, 0.717) is 6.42 Å². The van der Waals surface area contributed by atoms with E-state index in [9.17, 15) is 15.0 Å². The SMILES string of the molecule is CCc1c(O)cc2oc3cc(Cl)c(Cl)n3c(=O)c2c1O. The molecule has 1 aromatic carbocycles. The van der Waals surface area contributed by atoms with Crippen molar-refractivity contribution in [2.75, 3.05) is 0 Å². The smallest absolute Gasteiger partial charge is 0.273 e. The zero-order chi connectivity index (χ0) is 14.6. The molecule has 2 N–H and O–H groups in total. The number of hydrogen-bond donors (Lipinski definition) is 2. The predicted molar refractivity (Wildman–Crippen MR) is 76.2 cm³/mol. The third kappa shape index (κ3) is 1.60. The molecule has 0 aliphatic carbocycles. The lowest BCUT2D eigenvalue weighted by Crippen LogP contribution is -2.13. The van der Waals surface area contributed by atoms with Gasteiger partial charge in [-0.2, -0.15) is 0 Å². The van der Waals surface area contributed by atoms with Crippen molar-refractivity contribution in [3.63, 3.8) is 0 Å². The summed E-state index contributed by atoms with van der Waals surface area (Å²) in [6.45, 7) is 1.75. The first-order valence-electron chi connectivity index (χ1n) is 5.82. The van der Waals surface area contributed by atoms with Crippen molar-refractivity contribution in [3.8, 4) is 11.5 Å². The largest absolute Gasteiger partial charge is 0.507 e. The van der Waals surface area contributed by atoms with Crippen LogP contribution < -0.4 is 5.56 Å². The van der Waals surface area contributed by atoms with Gasteiger partial charge in [-0.25, -0.2) is 4.40 Å². The molecular formula is C13H9Cl2NO4. The van der Waals surface area contributed by atoms with Gasteiger partial charge in [-0.05, 0) is 6.42 Å². The fourth-order valence-corrected chi connectivity index (χ4v) is 2.63. The van der Waals surface area contributed by atoms with Crippen LogP contribution >= 0.6 is 23.2 Å². The number of phenolic OH excluding ortho intramolecular Hbond substituents is 2. The quantitative estimate of drug-likeness (QED) is 0.722. The first-order chi connectivity index (χ1) is 9.45. The first kappa shape index (κ1) is 13.1. The van der Waals surface area contributed by atoms with E-state index in [1.807, 2.05) is 0 Å². The molecule has 0 spiro atoms. The average molecular weight is 314 g/mol. The Kier molecular flexibility index (Phi) is 2.84. The monoisotopic (exact) mass is 313 g/mol. The maximum Gasteiger partial charge on any atom is 0.273 e. The zero-order valence-electron chi connectivity index (χ0n) is 10.3. The summed E-state index contributed by atoms with van der Waals surface area (Å²) in [5.41, 5.74) is -0.0649. The normalized spacial score (nSPS) is 11.6. The number of aromatic nitrogens is 1. The Labute approximate surface area is 122 Å². The fraction of sp³-hybridized carbons (Fsp3) is 0.154. The highest BCUT2D eigenvalue weighted by Crippen LogP contribution is 2.36. The van der Waals surface area contributed by atoms with Crippen LogP contribution in [0.25, 0.3) is 16.7 Å². The number of fused-ring (bicyclic) bond motifs is 2. The molecule has 7 heteroatoms. The van der Waals surface area contributed by atoms with E-state index in [1.165, 1.54) is 12.1 Å². The van der Waals surface area contributed by atoms with E-state index >= 15 is 0 Å². The highest BCUT2D eigenvalue weighted by Gasteiger charge is 2.20. The molecule has 0 bridgehead atoms. The van der Waals surface area contributed by atoms with Crippen LogP contribution in [-0.2, 0) is 6.42 Å². The van der Waals surface area contributed by atoms with Crippen molar-refractivity contribution in [2.24, 2.45) is 0 Å². The predicted octanol–water partition coefficient (Wildman–Crippen LogP) is 3.33. The van der Waals surface area contributed by atoms with Crippen LogP contribution in [0, 0.1) is 0 Å². The molecule has 0 aliphatic heterocycles. The number of halogens is 2. The highest BCUT2D eigenvalue weighted by atomic mass is 35.5. The van der Waals surface area contributed by atoms with Crippen molar-refractivity contribution in [3.05, 3.63) is 38.2 Å². The van der Waals surface area contributed by atoms with E-state index in [-0.39, 0.29) is 43.9 Å². The summed E-state index contributed by atoms with van der Waals surface area (Å²) < 4.78 is 6.54. The van der Waals surface area contributed by atoms with Gasteiger partial charge in [0.15, 0.2) is 0 Å². The standard InChI is InChI=1S/C13H9Cl2NO4/c1-2-5-7(17)4-8-10(11(5)18)13(19)16-9(20-8)3-6(14)12(16)15/h3-4,17-18H,2H2,1H3. The minimum Gasteiger partial charge on any atom is -0.507 e. The van der Waals surface area contributed by atoms with Gasteiger partial charge in [-0.15, -0.1) is 0 Å². The fourth-order valence-electron chi connectivity index (χ4n) is 2.23. The maximum absolute atomic E-state index is 12.4. The van der Waals surface area contributed by atoms with Gasteiger partial charge in [0.2, 0.25) is 5.71 Å². The molecule has 0 saturated carbocycles. The van der Waals surface area contributed by atoms with Crippen LogP contribution in [0.5, 0.6) is 11.5 Å². The van der Waals surface area contributed by atoms with Crippen molar-refractivity contribution in [1.82, 2.24) is 4.40 Å². The second-order valence-electron chi connectivity index (χ2n) is 4.31. The van der Waals surface area contributed by atoms with Gasteiger partial charge in [-0.3, -0.25) is 4.79 Å². The van der Waals surface area contributed by atoms with Crippen LogP contribution in [0.4, 0.5) is 0 Å². The Morgan fingerprint density at radius 1 is 1.30 bits per heavy atom. The number of benzene rings is 1. The lowest BCUT2D eigenvalue weighted by molar-refractivity contribution is 0.441. The number of rotatable bonds is 1. The Morgan fingerprint density at radius 3 is 2.65 bits per heavy atom. The highest BCUT2D eigenvalue weighted by molar-refractivity contribution is 6.42. The number of hydrogen-bond acceptors (Lipinski definition) is 4. The summed E-state index contributed by atoms with van der Waals surface area (Å²) in [5, 5.41) is 20.1. The molecule has 20 heavy (non-hydrogen) atoms. The summed E-state index contributed by atoms with van der Waals surface area (Å²) >= 11 is 11.8. The van der Waals surface area contributed by atoms with Crippen LogP contribution in [0.15, 0.2) is 21.3 Å². The number of nitrogens with zero attached hydrogens (tertiary/aromatic N) is 1. The molecule has 3 aromatic rings. The minimum atomic E-state index is -0.551. The summed E-state index contributed by atoms with van der Waals surface area (Å²) in [6.07, 6.45) is 0.366.